The first kappa shape index (κ1) is 16.8. The second-order valence-electron chi connectivity index (χ2n) is 7.37. The van der Waals surface area contributed by atoms with Crippen molar-refractivity contribution in [2.45, 2.75) is 18.8 Å². The average Bonchev–Trinajstić information content (AvgIpc) is 3.28. The van der Waals surface area contributed by atoms with E-state index in [0.29, 0.717) is 17.1 Å². The Labute approximate surface area is 159 Å². The Hall–Kier alpha value is -3.36. The summed E-state index contributed by atoms with van der Waals surface area (Å²) in [6.45, 7) is 1.67. The van der Waals surface area contributed by atoms with Gasteiger partial charge < -0.3 is 14.5 Å². The van der Waals surface area contributed by atoms with Gasteiger partial charge in [-0.1, -0.05) is 0 Å². The summed E-state index contributed by atoms with van der Waals surface area (Å²) in [5.41, 5.74) is 2.22. The van der Waals surface area contributed by atoms with E-state index in [2.05, 4.69) is 37.1 Å². The van der Waals surface area contributed by atoms with Crippen LogP contribution in [0.4, 0.5) is 5.95 Å². The van der Waals surface area contributed by atoms with Crippen LogP contribution >= 0.6 is 0 Å². The summed E-state index contributed by atoms with van der Waals surface area (Å²) >= 11 is 0. The molecule has 1 fully saturated rings. The molecule has 1 aliphatic rings. The van der Waals surface area contributed by atoms with Crippen LogP contribution in [0.15, 0.2) is 34.1 Å². The van der Waals surface area contributed by atoms with Crippen LogP contribution in [0.3, 0.4) is 0 Å². The number of anilines is 1. The van der Waals surface area contributed by atoms with Gasteiger partial charge in [-0.3, -0.25) is 14.3 Å². The Morgan fingerprint density at radius 2 is 1.93 bits per heavy atom. The number of H-pyrrole nitrogens is 2. The van der Waals surface area contributed by atoms with E-state index in [0.717, 1.165) is 37.5 Å². The molecular weight excluding hydrogens is 358 g/mol. The number of nitrogens with one attached hydrogen (secondary N) is 2. The van der Waals surface area contributed by atoms with Crippen LogP contribution in [0, 0.1) is 0 Å². The number of hydrogen-bond acceptors (Lipinski definition) is 5. The number of imidazole rings is 1. The number of pyridine rings is 1. The smallest absolute Gasteiger partial charge is 0.329 e. The van der Waals surface area contributed by atoms with Crippen molar-refractivity contribution in [3.05, 3.63) is 50.9 Å². The molecule has 4 aromatic heterocycles. The van der Waals surface area contributed by atoms with Gasteiger partial charge in [0.1, 0.15) is 5.65 Å². The van der Waals surface area contributed by atoms with Gasteiger partial charge in [0, 0.05) is 45.0 Å². The highest BCUT2D eigenvalue weighted by Gasteiger charge is 2.26. The van der Waals surface area contributed by atoms with Crippen LogP contribution < -0.4 is 16.1 Å². The van der Waals surface area contributed by atoms with Gasteiger partial charge in [0.25, 0.3) is 5.56 Å². The first-order valence-electron chi connectivity index (χ1n) is 9.37. The van der Waals surface area contributed by atoms with Gasteiger partial charge in [-0.15, -0.1) is 0 Å². The van der Waals surface area contributed by atoms with Crippen molar-refractivity contribution < 1.29 is 0 Å². The molecule has 0 spiro atoms. The van der Waals surface area contributed by atoms with Crippen molar-refractivity contribution in [1.82, 2.24) is 29.1 Å². The monoisotopic (exact) mass is 379 g/mol. The van der Waals surface area contributed by atoms with Crippen LogP contribution in [0.1, 0.15) is 24.3 Å². The Morgan fingerprint density at radius 3 is 2.71 bits per heavy atom. The zero-order valence-electron chi connectivity index (χ0n) is 15.8. The quantitative estimate of drug-likeness (QED) is 0.545. The van der Waals surface area contributed by atoms with E-state index >= 15 is 0 Å². The normalized spacial score (nSPS) is 15.7. The second kappa shape index (κ2) is 6.08. The van der Waals surface area contributed by atoms with E-state index in [1.807, 2.05) is 13.1 Å². The molecule has 0 radical (unpaired) electrons. The predicted molar refractivity (Wildman–Crippen MR) is 107 cm³/mol. The number of aromatic amines is 2. The Kier molecular flexibility index (Phi) is 3.65. The molecular formula is C19H21N7O2. The molecule has 0 aliphatic carbocycles. The maximum atomic E-state index is 12.2. The van der Waals surface area contributed by atoms with Gasteiger partial charge in [-0.05, 0) is 36.5 Å². The minimum atomic E-state index is -0.450. The van der Waals surface area contributed by atoms with Crippen molar-refractivity contribution in [1.29, 1.82) is 0 Å². The highest BCUT2D eigenvalue weighted by Crippen LogP contribution is 2.34. The van der Waals surface area contributed by atoms with Crippen molar-refractivity contribution in [3.63, 3.8) is 0 Å². The summed E-state index contributed by atoms with van der Waals surface area (Å²) in [5, 5.41) is 1.19. The molecule has 0 unspecified atom stereocenters. The van der Waals surface area contributed by atoms with E-state index in [1.165, 1.54) is 15.5 Å². The molecule has 0 saturated carbocycles. The molecule has 1 saturated heterocycles. The molecule has 4 aromatic rings. The number of aromatic nitrogens is 6. The number of rotatable bonds is 2. The standard InChI is InChI=1S/C19H21N7O2/c1-24-14-16(25(2)19(28)23-17(14)27)22-18(24)26-8-5-11(6-9-26)13-10-21-15-12(13)4-3-7-20-15/h3-4,7,10-11H,5-6,8-9H2,1-2H3,(H,20,21)(H,23,27,28). The van der Waals surface area contributed by atoms with Gasteiger partial charge in [0.2, 0.25) is 5.95 Å². The van der Waals surface area contributed by atoms with E-state index in [-0.39, 0.29) is 0 Å². The summed E-state index contributed by atoms with van der Waals surface area (Å²) in [5.74, 6) is 1.18. The van der Waals surface area contributed by atoms with Gasteiger partial charge in [0.05, 0.1) is 0 Å². The molecule has 144 valence electrons. The van der Waals surface area contributed by atoms with Crippen LogP contribution in [0.25, 0.3) is 22.2 Å². The topological polar surface area (TPSA) is 105 Å². The molecule has 9 nitrogen and oxygen atoms in total. The summed E-state index contributed by atoms with van der Waals surface area (Å²) in [6, 6.07) is 4.08. The van der Waals surface area contributed by atoms with Crippen LogP contribution in [0.2, 0.25) is 0 Å². The van der Waals surface area contributed by atoms with Crippen molar-refractivity contribution in [2.24, 2.45) is 14.1 Å². The average molecular weight is 379 g/mol. The van der Waals surface area contributed by atoms with Crippen LogP contribution in [-0.2, 0) is 14.1 Å². The van der Waals surface area contributed by atoms with Gasteiger partial charge in [-0.25, -0.2) is 9.78 Å². The first-order chi connectivity index (χ1) is 13.5. The lowest BCUT2D eigenvalue weighted by Crippen LogP contribution is -2.34. The molecule has 5 heterocycles. The summed E-state index contributed by atoms with van der Waals surface area (Å²) in [7, 11) is 3.44. The number of aryl methyl sites for hydroxylation is 2. The third kappa shape index (κ3) is 2.39. The fourth-order valence-corrected chi connectivity index (χ4v) is 4.28. The van der Waals surface area contributed by atoms with Crippen LogP contribution in [-0.4, -0.2) is 42.2 Å². The number of hydrogen-bond donors (Lipinski definition) is 2. The lowest BCUT2D eigenvalue weighted by atomic mass is 9.89. The fourth-order valence-electron chi connectivity index (χ4n) is 4.28. The molecule has 5 rings (SSSR count). The highest BCUT2D eigenvalue weighted by atomic mass is 16.2. The Bertz CT molecular complexity index is 1300. The van der Waals surface area contributed by atoms with E-state index in [1.54, 1.807) is 17.8 Å². The van der Waals surface area contributed by atoms with Crippen molar-refractivity contribution in [2.75, 3.05) is 18.0 Å². The second-order valence-corrected chi connectivity index (χ2v) is 7.37. The lowest BCUT2D eigenvalue weighted by Gasteiger charge is -2.32. The molecule has 9 heteroatoms. The number of nitrogens with zero attached hydrogens (tertiary/aromatic N) is 5. The zero-order valence-corrected chi connectivity index (χ0v) is 15.8. The summed E-state index contributed by atoms with van der Waals surface area (Å²) in [4.78, 5) is 40.9. The predicted octanol–water partition coefficient (Wildman–Crippen LogP) is 1.22. The minimum absolute atomic E-state index is 0.402. The number of fused-ring (bicyclic) bond motifs is 2. The molecule has 2 N–H and O–H groups in total. The van der Waals surface area contributed by atoms with E-state index < -0.39 is 11.2 Å². The molecule has 0 amide bonds. The molecule has 0 atom stereocenters. The maximum absolute atomic E-state index is 12.2. The minimum Gasteiger partial charge on any atom is -0.346 e. The molecule has 0 aromatic carbocycles. The SMILES string of the molecule is Cn1c(N2CCC(c3c[nH]c4ncccc34)CC2)nc2c1c(=O)[nH]c(=O)n2C. The fraction of sp³-hybridized carbons (Fsp3) is 0.368. The lowest BCUT2D eigenvalue weighted by molar-refractivity contribution is 0.499. The van der Waals surface area contributed by atoms with Crippen LogP contribution in [0.5, 0.6) is 0 Å². The zero-order chi connectivity index (χ0) is 19.4. The molecule has 1 aliphatic heterocycles. The Balaban J connectivity index is 1.45. The highest BCUT2D eigenvalue weighted by molar-refractivity contribution is 5.80. The van der Waals surface area contributed by atoms with Gasteiger partial charge in [0.15, 0.2) is 11.2 Å². The third-order valence-electron chi connectivity index (χ3n) is 5.81. The Morgan fingerprint density at radius 1 is 1.14 bits per heavy atom. The van der Waals surface area contributed by atoms with Crippen molar-refractivity contribution in [3.8, 4) is 0 Å². The largest absolute Gasteiger partial charge is 0.346 e. The summed E-state index contributed by atoms with van der Waals surface area (Å²) in [6.07, 6.45) is 5.84. The van der Waals surface area contributed by atoms with Gasteiger partial charge >= 0.3 is 5.69 Å². The molecule has 0 bridgehead atoms. The van der Waals surface area contributed by atoms with E-state index in [9.17, 15) is 9.59 Å². The summed E-state index contributed by atoms with van der Waals surface area (Å²) < 4.78 is 3.16. The van der Waals surface area contributed by atoms with Crippen molar-refractivity contribution >= 4 is 28.1 Å². The van der Waals surface area contributed by atoms with Gasteiger partial charge in [-0.2, -0.15) is 4.98 Å². The first-order valence-corrected chi connectivity index (χ1v) is 9.37. The maximum Gasteiger partial charge on any atom is 0.329 e. The third-order valence-corrected chi connectivity index (χ3v) is 5.81. The van der Waals surface area contributed by atoms with E-state index in [4.69, 9.17) is 0 Å². The number of piperidine rings is 1. The molecule has 28 heavy (non-hydrogen) atoms.